The van der Waals surface area contributed by atoms with Crippen LogP contribution in [0.2, 0.25) is 0 Å². The predicted octanol–water partition coefficient (Wildman–Crippen LogP) is 5.64. The van der Waals surface area contributed by atoms with Gasteiger partial charge in [0.25, 0.3) is 5.89 Å². The van der Waals surface area contributed by atoms with Crippen LogP contribution in [-0.4, -0.2) is 17.4 Å². The van der Waals surface area contributed by atoms with Gasteiger partial charge in [-0.15, -0.1) is 0 Å². The van der Waals surface area contributed by atoms with Crippen molar-refractivity contribution >= 4 is 5.78 Å². The number of hydrogen-bond donors (Lipinski definition) is 0. The summed E-state index contributed by atoms with van der Waals surface area (Å²) >= 11 is 0. The van der Waals surface area contributed by atoms with Crippen molar-refractivity contribution in [2.45, 2.75) is 6.92 Å². The number of benzene rings is 3. The largest absolute Gasteiger partial charge is 0.494 e. The van der Waals surface area contributed by atoms with Gasteiger partial charge in [-0.3, -0.25) is 4.79 Å². The fourth-order valence-electron chi connectivity index (χ4n) is 2.99. The number of aromatic nitrogens is 1. The fraction of sp³-hybridized carbons (Fsp3) is 0.0833. The minimum absolute atomic E-state index is 0.0712. The van der Waals surface area contributed by atoms with E-state index in [9.17, 15) is 4.79 Å². The van der Waals surface area contributed by atoms with Crippen molar-refractivity contribution in [1.29, 1.82) is 0 Å². The zero-order valence-electron chi connectivity index (χ0n) is 15.5. The smallest absolute Gasteiger partial charge is 0.269 e. The summed E-state index contributed by atoms with van der Waals surface area (Å²) in [7, 11) is 0. The molecule has 0 spiro atoms. The maximum Gasteiger partial charge on any atom is 0.269 e. The van der Waals surface area contributed by atoms with Gasteiger partial charge >= 0.3 is 0 Å². The molecule has 0 fully saturated rings. The normalized spacial score (nSPS) is 10.6. The number of ketones is 1. The standard InChI is InChI=1S/C24H19NO3/c1-2-27-20-15-13-18(14-16-20)22(26)24-25-21(17-9-5-3-6-10-17)23(28-24)19-11-7-4-8-12-19/h3-16H,2H2,1H3. The third-order valence-electron chi connectivity index (χ3n) is 4.33. The van der Waals surface area contributed by atoms with E-state index in [-0.39, 0.29) is 11.7 Å². The lowest BCUT2D eigenvalue weighted by atomic mass is 10.1. The SMILES string of the molecule is CCOc1ccc(C(=O)c2nc(-c3ccccc3)c(-c3ccccc3)o2)cc1. The molecule has 0 amide bonds. The minimum Gasteiger partial charge on any atom is -0.494 e. The zero-order chi connectivity index (χ0) is 19.3. The molecule has 28 heavy (non-hydrogen) atoms. The van der Waals surface area contributed by atoms with E-state index in [1.54, 1.807) is 24.3 Å². The Morgan fingerprint density at radius 2 is 1.46 bits per heavy atom. The second kappa shape index (κ2) is 7.92. The molecule has 4 rings (SSSR count). The molecule has 4 nitrogen and oxygen atoms in total. The molecule has 1 heterocycles. The second-order valence-corrected chi connectivity index (χ2v) is 6.22. The Kier molecular flexibility index (Phi) is 5.02. The third kappa shape index (κ3) is 3.58. The van der Waals surface area contributed by atoms with Crippen LogP contribution in [0.15, 0.2) is 89.3 Å². The Labute approximate surface area is 163 Å². The molecule has 4 aromatic rings. The molecular weight excluding hydrogens is 350 g/mol. The molecule has 4 heteroatoms. The number of carbonyl (C=O) groups excluding carboxylic acids is 1. The Bertz CT molecular complexity index is 1010. The fourth-order valence-corrected chi connectivity index (χ4v) is 2.99. The van der Waals surface area contributed by atoms with Gasteiger partial charge in [0.05, 0.1) is 6.61 Å². The van der Waals surface area contributed by atoms with Gasteiger partial charge in [-0.2, -0.15) is 0 Å². The molecule has 138 valence electrons. The molecular formula is C24H19NO3. The molecule has 1 aromatic heterocycles. The highest BCUT2D eigenvalue weighted by Crippen LogP contribution is 2.33. The highest BCUT2D eigenvalue weighted by Gasteiger charge is 2.22. The van der Waals surface area contributed by atoms with E-state index in [1.807, 2.05) is 67.6 Å². The summed E-state index contributed by atoms with van der Waals surface area (Å²) in [5, 5.41) is 0. The van der Waals surface area contributed by atoms with Gasteiger partial charge in [-0.1, -0.05) is 60.7 Å². The average molecular weight is 369 g/mol. The van der Waals surface area contributed by atoms with Crippen LogP contribution >= 0.6 is 0 Å². The molecule has 0 atom stereocenters. The Morgan fingerprint density at radius 1 is 0.857 bits per heavy atom. The van der Waals surface area contributed by atoms with Gasteiger partial charge in [0.15, 0.2) is 5.76 Å². The molecule has 3 aromatic carbocycles. The van der Waals surface area contributed by atoms with Crippen molar-refractivity contribution in [3.05, 3.63) is 96.4 Å². The first-order chi connectivity index (χ1) is 13.8. The predicted molar refractivity (Wildman–Crippen MR) is 108 cm³/mol. The summed E-state index contributed by atoms with van der Waals surface area (Å²) in [5.74, 6) is 1.12. The van der Waals surface area contributed by atoms with Crippen LogP contribution in [-0.2, 0) is 0 Å². The molecule has 0 saturated carbocycles. The van der Waals surface area contributed by atoms with Gasteiger partial charge < -0.3 is 9.15 Å². The second-order valence-electron chi connectivity index (χ2n) is 6.22. The van der Waals surface area contributed by atoms with E-state index < -0.39 is 0 Å². The molecule has 0 N–H and O–H groups in total. The summed E-state index contributed by atoms with van der Waals surface area (Å²) in [6.45, 7) is 2.50. The quantitative estimate of drug-likeness (QED) is 0.413. The number of hydrogen-bond acceptors (Lipinski definition) is 4. The number of ether oxygens (including phenoxy) is 1. The number of nitrogens with zero attached hydrogens (tertiary/aromatic N) is 1. The van der Waals surface area contributed by atoms with Crippen LogP contribution in [0.5, 0.6) is 5.75 Å². The van der Waals surface area contributed by atoms with Crippen LogP contribution in [0.25, 0.3) is 22.6 Å². The summed E-state index contributed by atoms with van der Waals surface area (Å²) in [6.07, 6.45) is 0. The van der Waals surface area contributed by atoms with Crippen LogP contribution in [0.3, 0.4) is 0 Å². The van der Waals surface area contributed by atoms with Gasteiger partial charge in [-0.25, -0.2) is 4.98 Å². The van der Waals surface area contributed by atoms with Crippen LogP contribution in [0, 0.1) is 0 Å². The molecule has 0 unspecified atom stereocenters. The highest BCUT2D eigenvalue weighted by molar-refractivity contribution is 6.06. The van der Waals surface area contributed by atoms with Crippen molar-refractivity contribution in [2.24, 2.45) is 0 Å². The summed E-state index contributed by atoms with van der Waals surface area (Å²) in [6, 6.07) is 26.4. The van der Waals surface area contributed by atoms with E-state index in [0.717, 1.165) is 16.9 Å². The molecule has 0 aliphatic carbocycles. The number of rotatable bonds is 6. The first-order valence-electron chi connectivity index (χ1n) is 9.15. The molecule has 0 aliphatic rings. The van der Waals surface area contributed by atoms with E-state index in [4.69, 9.17) is 9.15 Å². The monoisotopic (exact) mass is 369 g/mol. The van der Waals surface area contributed by atoms with E-state index in [1.165, 1.54) is 0 Å². The van der Waals surface area contributed by atoms with E-state index in [2.05, 4.69) is 4.98 Å². The van der Waals surface area contributed by atoms with Crippen molar-refractivity contribution in [3.8, 4) is 28.3 Å². The Morgan fingerprint density at radius 3 is 2.07 bits per heavy atom. The first-order valence-corrected chi connectivity index (χ1v) is 9.15. The van der Waals surface area contributed by atoms with Gasteiger partial charge in [-0.05, 0) is 31.2 Å². The van der Waals surface area contributed by atoms with E-state index >= 15 is 0 Å². The number of carbonyl (C=O) groups is 1. The summed E-state index contributed by atoms with van der Waals surface area (Å²) in [4.78, 5) is 17.5. The van der Waals surface area contributed by atoms with Crippen LogP contribution in [0.1, 0.15) is 23.2 Å². The minimum atomic E-state index is -0.262. The number of oxazole rings is 1. The lowest BCUT2D eigenvalue weighted by Crippen LogP contribution is -2.02. The van der Waals surface area contributed by atoms with Crippen LogP contribution in [0.4, 0.5) is 0 Å². The molecule has 0 bridgehead atoms. The van der Waals surface area contributed by atoms with Crippen molar-refractivity contribution in [2.75, 3.05) is 6.61 Å². The molecule has 0 radical (unpaired) electrons. The Hall–Kier alpha value is -3.66. The lowest BCUT2D eigenvalue weighted by Gasteiger charge is -2.03. The summed E-state index contributed by atoms with van der Waals surface area (Å²) in [5.41, 5.74) is 2.93. The Balaban J connectivity index is 1.76. The van der Waals surface area contributed by atoms with Crippen molar-refractivity contribution in [3.63, 3.8) is 0 Å². The van der Waals surface area contributed by atoms with Crippen molar-refractivity contribution < 1.29 is 13.9 Å². The highest BCUT2D eigenvalue weighted by atomic mass is 16.5. The first kappa shape index (κ1) is 17.7. The van der Waals surface area contributed by atoms with Crippen molar-refractivity contribution in [1.82, 2.24) is 4.98 Å². The van der Waals surface area contributed by atoms with Gasteiger partial charge in [0, 0.05) is 16.7 Å². The van der Waals surface area contributed by atoms with Crippen LogP contribution < -0.4 is 4.74 Å². The summed E-state index contributed by atoms with van der Waals surface area (Å²) < 4.78 is 11.4. The maximum atomic E-state index is 12.9. The maximum absolute atomic E-state index is 12.9. The molecule has 0 aliphatic heterocycles. The van der Waals surface area contributed by atoms with Gasteiger partial charge in [0.1, 0.15) is 11.4 Å². The zero-order valence-corrected chi connectivity index (χ0v) is 15.5. The van der Waals surface area contributed by atoms with Gasteiger partial charge in [0.2, 0.25) is 5.78 Å². The topological polar surface area (TPSA) is 52.3 Å². The average Bonchev–Trinajstić information content (AvgIpc) is 3.21. The molecule has 0 saturated heterocycles. The lowest BCUT2D eigenvalue weighted by molar-refractivity contribution is 0.100. The van der Waals surface area contributed by atoms with E-state index in [0.29, 0.717) is 23.6 Å². The third-order valence-corrected chi connectivity index (χ3v) is 4.33.